The minimum atomic E-state index is 1.23. The van der Waals surface area contributed by atoms with Crippen molar-refractivity contribution >= 4 is 6.08 Å². The van der Waals surface area contributed by atoms with E-state index in [4.69, 9.17) is 0 Å². The van der Waals surface area contributed by atoms with Gasteiger partial charge in [-0.1, -0.05) is 100 Å². The summed E-state index contributed by atoms with van der Waals surface area (Å²) in [6, 6.07) is 8.71. The van der Waals surface area contributed by atoms with Crippen molar-refractivity contribution in [3.05, 3.63) is 41.5 Å². The molecule has 112 valence electrons. The lowest BCUT2D eigenvalue weighted by Crippen LogP contribution is -1.80. The maximum atomic E-state index is 2.33. The Morgan fingerprint density at radius 1 is 0.850 bits per heavy atom. The van der Waals surface area contributed by atoms with Crippen LogP contribution in [-0.4, -0.2) is 0 Å². The fourth-order valence-electron chi connectivity index (χ4n) is 2.57. The first-order valence-corrected chi connectivity index (χ1v) is 8.56. The lowest BCUT2D eigenvalue weighted by molar-refractivity contribution is 0.566. The van der Waals surface area contributed by atoms with Crippen molar-refractivity contribution in [1.29, 1.82) is 0 Å². The van der Waals surface area contributed by atoms with Crippen LogP contribution in [0.1, 0.15) is 82.3 Å². The van der Waals surface area contributed by atoms with E-state index in [1.165, 1.54) is 75.3 Å². The molecule has 0 N–H and O–H groups in total. The van der Waals surface area contributed by atoms with Gasteiger partial charge in [-0.2, -0.15) is 0 Å². The van der Waals surface area contributed by atoms with E-state index in [1.807, 2.05) is 0 Å². The van der Waals surface area contributed by atoms with Crippen LogP contribution >= 0.6 is 0 Å². The van der Waals surface area contributed by atoms with Crippen LogP contribution in [0.15, 0.2) is 30.3 Å². The van der Waals surface area contributed by atoms with Crippen LogP contribution < -0.4 is 0 Å². The van der Waals surface area contributed by atoms with Gasteiger partial charge in [0.15, 0.2) is 0 Å². The Morgan fingerprint density at radius 2 is 1.50 bits per heavy atom. The Labute approximate surface area is 126 Å². The Bertz CT molecular complexity index is 362. The molecule has 0 aliphatic heterocycles. The van der Waals surface area contributed by atoms with Crippen molar-refractivity contribution < 1.29 is 0 Å². The zero-order chi connectivity index (χ0) is 14.5. The van der Waals surface area contributed by atoms with Gasteiger partial charge in [0.2, 0.25) is 0 Å². The molecule has 0 heteroatoms. The molecule has 0 unspecified atom stereocenters. The molecule has 0 spiro atoms. The summed E-state index contributed by atoms with van der Waals surface area (Å²) in [4.78, 5) is 0. The molecule has 0 aliphatic rings. The Hall–Kier alpha value is -1.04. The van der Waals surface area contributed by atoms with Crippen LogP contribution in [0.5, 0.6) is 0 Å². The molecule has 20 heavy (non-hydrogen) atoms. The topological polar surface area (TPSA) is 0 Å². The van der Waals surface area contributed by atoms with Gasteiger partial charge >= 0.3 is 0 Å². The summed E-state index contributed by atoms with van der Waals surface area (Å²) in [6.07, 6.45) is 18.5. The van der Waals surface area contributed by atoms with E-state index in [0.29, 0.717) is 0 Å². The lowest BCUT2D eigenvalue weighted by atomic mass is 10.1. The quantitative estimate of drug-likeness (QED) is 0.383. The summed E-state index contributed by atoms with van der Waals surface area (Å²) in [5.74, 6) is 0. The molecule has 0 saturated heterocycles. The average molecular weight is 272 g/mol. The van der Waals surface area contributed by atoms with Crippen molar-refractivity contribution in [2.45, 2.75) is 78.1 Å². The molecule has 1 rings (SSSR count). The molecule has 0 amide bonds. The summed E-state index contributed by atoms with van der Waals surface area (Å²) in [7, 11) is 0. The number of hydrogen-bond donors (Lipinski definition) is 0. The maximum Gasteiger partial charge on any atom is -0.0257 e. The fourth-order valence-corrected chi connectivity index (χ4v) is 2.57. The third kappa shape index (κ3) is 8.96. The van der Waals surface area contributed by atoms with Crippen LogP contribution in [0.25, 0.3) is 6.08 Å². The second kappa shape index (κ2) is 11.8. The standard InChI is InChI=1S/C20H32/c1-3-4-5-6-7-8-9-10-11-12-13-16-20-17-14-15-19(2)18-20/h13-18H,3-12H2,1-2H3. The summed E-state index contributed by atoms with van der Waals surface area (Å²) in [5.41, 5.74) is 2.68. The van der Waals surface area contributed by atoms with Gasteiger partial charge < -0.3 is 0 Å². The third-order valence-corrected chi connectivity index (χ3v) is 3.83. The van der Waals surface area contributed by atoms with Crippen molar-refractivity contribution in [1.82, 2.24) is 0 Å². The predicted molar refractivity (Wildman–Crippen MR) is 92.1 cm³/mol. The van der Waals surface area contributed by atoms with Gasteiger partial charge in [0, 0.05) is 0 Å². The molecule has 1 aromatic carbocycles. The molecule has 0 heterocycles. The zero-order valence-corrected chi connectivity index (χ0v) is 13.5. The van der Waals surface area contributed by atoms with Crippen molar-refractivity contribution in [3.8, 4) is 0 Å². The van der Waals surface area contributed by atoms with Crippen LogP contribution in [0, 0.1) is 6.92 Å². The summed E-state index contributed by atoms with van der Waals surface area (Å²) < 4.78 is 0. The highest BCUT2D eigenvalue weighted by molar-refractivity contribution is 5.49. The van der Waals surface area contributed by atoms with Crippen LogP contribution in [0.3, 0.4) is 0 Å². The van der Waals surface area contributed by atoms with Crippen molar-refractivity contribution in [2.75, 3.05) is 0 Å². The third-order valence-electron chi connectivity index (χ3n) is 3.83. The molecule has 0 aromatic heterocycles. The smallest absolute Gasteiger partial charge is 0.0257 e. The summed E-state index contributed by atoms with van der Waals surface area (Å²) in [6.45, 7) is 4.43. The largest absolute Gasteiger partial charge is 0.0839 e. The Morgan fingerprint density at radius 3 is 2.15 bits per heavy atom. The van der Waals surface area contributed by atoms with Crippen molar-refractivity contribution in [3.63, 3.8) is 0 Å². The average Bonchev–Trinajstić information content (AvgIpc) is 2.45. The monoisotopic (exact) mass is 272 g/mol. The molecule has 0 atom stereocenters. The number of allylic oxidation sites excluding steroid dienone is 1. The van der Waals surface area contributed by atoms with Gasteiger partial charge in [0.1, 0.15) is 0 Å². The van der Waals surface area contributed by atoms with Gasteiger partial charge in [-0.3, -0.25) is 0 Å². The van der Waals surface area contributed by atoms with Crippen LogP contribution in [-0.2, 0) is 0 Å². The highest BCUT2D eigenvalue weighted by Crippen LogP contribution is 2.11. The van der Waals surface area contributed by atoms with E-state index in [2.05, 4.69) is 50.3 Å². The molecule has 1 aromatic rings. The SMILES string of the molecule is CCCCCCCCCCCC=Cc1cccc(C)c1. The van der Waals surface area contributed by atoms with Gasteiger partial charge in [-0.05, 0) is 25.3 Å². The number of unbranched alkanes of at least 4 members (excludes halogenated alkanes) is 9. The Kier molecular flexibility index (Phi) is 10.0. The van der Waals surface area contributed by atoms with Gasteiger partial charge in [0.25, 0.3) is 0 Å². The second-order valence-corrected chi connectivity index (χ2v) is 5.93. The molecule has 0 saturated carbocycles. The predicted octanol–water partition coefficient (Wildman–Crippen LogP) is 6.93. The Balaban J connectivity index is 1.94. The second-order valence-electron chi connectivity index (χ2n) is 5.93. The van der Waals surface area contributed by atoms with Gasteiger partial charge in [0.05, 0.1) is 0 Å². The molecule has 0 bridgehead atoms. The van der Waals surface area contributed by atoms with Crippen LogP contribution in [0.4, 0.5) is 0 Å². The van der Waals surface area contributed by atoms with Gasteiger partial charge in [-0.15, -0.1) is 0 Å². The van der Waals surface area contributed by atoms with E-state index in [-0.39, 0.29) is 0 Å². The molecule has 0 nitrogen and oxygen atoms in total. The minimum absolute atomic E-state index is 1.23. The molecule has 0 radical (unpaired) electrons. The van der Waals surface area contributed by atoms with E-state index in [9.17, 15) is 0 Å². The fraction of sp³-hybridized carbons (Fsp3) is 0.600. The zero-order valence-electron chi connectivity index (χ0n) is 13.5. The number of rotatable bonds is 11. The maximum absolute atomic E-state index is 2.33. The molecular weight excluding hydrogens is 240 g/mol. The normalized spacial score (nSPS) is 11.3. The van der Waals surface area contributed by atoms with E-state index in [0.717, 1.165) is 0 Å². The van der Waals surface area contributed by atoms with Crippen LogP contribution in [0.2, 0.25) is 0 Å². The van der Waals surface area contributed by atoms with Crippen molar-refractivity contribution in [2.24, 2.45) is 0 Å². The molecular formula is C20H32. The number of aryl methyl sites for hydroxylation is 1. The summed E-state index contributed by atoms with van der Waals surface area (Å²) >= 11 is 0. The summed E-state index contributed by atoms with van der Waals surface area (Å²) in [5, 5.41) is 0. The first kappa shape index (κ1) is 17.0. The van der Waals surface area contributed by atoms with E-state index < -0.39 is 0 Å². The first-order chi connectivity index (χ1) is 9.83. The highest BCUT2D eigenvalue weighted by Gasteiger charge is 1.91. The van der Waals surface area contributed by atoms with E-state index in [1.54, 1.807) is 0 Å². The molecule has 0 fully saturated rings. The first-order valence-electron chi connectivity index (χ1n) is 8.56. The molecule has 0 aliphatic carbocycles. The highest BCUT2D eigenvalue weighted by atomic mass is 14.0. The number of benzene rings is 1. The van der Waals surface area contributed by atoms with E-state index >= 15 is 0 Å². The number of hydrogen-bond acceptors (Lipinski definition) is 0. The lowest BCUT2D eigenvalue weighted by Gasteiger charge is -2.00. The minimum Gasteiger partial charge on any atom is -0.0839 e. The van der Waals surface area contributed by atoms with Gasteiger partial charge in [-0.25, -0.2) is 0 Å².